The van der Waals surface area contributed by atoms with Gasteiger partial charge in [-0.25, -0.2) is 0 Å². The zero-order valence-electron chi connectivity index (χ0n) is 12.8. The molecule has 0 amide bonds. The van der Waals surface area contributed by atoms with Gasteiger partial charge in [-0.2, -0.15) is 0 Å². The number of carbonyl (C=O) groups is 1. The number of phenols is 1. The highest BCUT2D eigenvalue weighted by molar-refractivity contribution is 5.73. The molecule has 0 saturated carbocycles. The van der Waals surface area contributed by atoms with Crippen LogP contribution in [0.2, 0.25) is 0 Å². The number of aryl methyl sites for hydroxylation is 1. The van der Waals surface area contributed by atoms with Crippen LogP contribution in [0.1, 0.15) is 23.6 Å². The molecule has 22 heavy (non-hydrogen) atoms. The second-order valence-corrected chi connectivity index (χ2v) is 4.88. The van der Waals surface area contributed by atoms with Crippen LogP contribution < -0.4 is 9.47 Å². The average Bonchev–Trinajstić information content (AvgIpc) is 2.49. The topological polar surface area (TPSA) is 55.8 Å². The SMILES string of the molecule is COc1cc(/C=C/c2ccc(O)c(C)c2)ccc1OC(C)=O. The lowest BCUT2D eigenvalue weighted by Gasteiger charge is -2.08. The predicted molar refractivity (Wildman–Crippen MR) is 86.1 cm³/mol. The molecule has 0 aliphatic carbocycles. The third kappa shape index (κ3) is 3.88. The summed E-state index contributed by atoms with van der Waals surface area (Å²) in [5.74, 6) is 0.789. The summed E-state index contributed by atoms with van der Waals surface area (Å²) in [7, 11) is 1.53. The first-order valence-corrected chi connectivity index (χ1v) is 6.84. The first-order chi connectivity index (χ1) is 10.5. The maximum Gasteiger partial charge on any atom is 0.308 e. The zero-order valence-corrected chi connectivity index (χ0v) is 12.8. The van der Waals surface area contributed by atoms with Gasteiger partial charge in [-0.05, 0) is 47.9 Å². The minimum atomic E-state index is -0.388. The molecule has 0 atom stereocenters. The van der Waals surface area contributed by atoms with Crippen LogP contribution in [-0.2, 0) is 4.79 Å². The Kier molecular flexibility index (Phi) is 4.84. The molecule has 0 aromatic heterocycles. The molecule has 4 heteroatoms. The Morgan fingerprint density at radius 1 is 1.05 bits per heavy atom. The molecule has 114 valence electrons. The largest absolute Gasteiger partial charge is 0.508 e. The number of rotatable bonds is 4. The summed E-state index contributed by atoms with van der Waals surface area (Å²) >= 11 is 0. The van der Waals surface area contributed by atoms with Crippen LogP contribution in [0.5, 0.6) is 17.2 Å². The summed E-state index contributed by atoms with van der Waals surface area (Å²) in [6.45, 7) is 3.20. The Morgan fingerprint density at radius 3 is 2.27 bits per heavy atom. The van der Waals surface area contributed by atoms with Gasteiger partial charge < -0.3 is 14.6 Å². The maximum atomic E-state index is 11.0. The van der Waals surface area contributed by atoms with E-state index in [1.54, 1.807) is 18.2 Å². The molecular formula is C18H18O4. The average molecular weight is 298 g/mol. The van der Waals surface area contributed by atoms with Crippen molar-refractivity contribution >= 4 is 18.1 Å². The lowest BCUT2D eigenvalue weighted by molar-refractivity contribution is -0.132. The van der Waals surface area contributed by atoms with Crippen molar-refractivity contribution in [2.24, 2.45) is 0 Å². The first-order valence-electron chi connectivity index (χ1n) is 6.84. The number of benzene rings is 2. The summed E-state index contributed by atoms with van der Waals surface area (Å²) < 4.78 is 10.3. The number of ether oxygens (including phenoxy) is 2. The molecule has 2 rings (SSSR count). The molecule has 0 heterocycles. The van der Waals surface area contributed by atoms with Crippen molar-refractivity contribution in [3.8, 4) is 17.2 Å². The van der Waals surface area contributed by atoms with E-state index in [4.69, 9.17) is 9.47 Å². The summed E-state index contributed by atoms with van der Waals surface area (Å²) in [5, 5.41) is 9.52. The van der Waals surface area contributed by atoms with Crippen LogP contribution in [0.3, 0.4) is 0 Å². The van der Waals surface area contributed by atoms with Gasteiger partial charge >= 0.3 is 5.97 Å². The monoisotopic (exact) mass is 298 g/mol. The number of hydrogen-bond donors (Lipinski definition) is 1. The third-order valence-electron chi connectivity index (χ3n) is 3.13. The summed E-state index contributed by atoms with van der Waals surface area (Å²) in [6.07, 6.45) is 3.86. The van der Waals surface area contributed by atoms with Crippen molar-refractivity contribution in [2.45, 2.75) is 13.8 Å². The van der Waals surface area contributed by atoms with Gasteiger partial charge in [-0.15, -0.1) is 0 Å². The van der Waals surface area contributed by atoms with Crippen LogP contribution in [0.4, 0.5) is 0 Å². The van der Waals surface area contributed by atoms with Crippen LogP contribution in [-0.4, -0.2) is 18.2 Å². The molecule has 0 radical (unpaired) electrons. The lowest BCUT2D eigenvalue weighted by Crippen LogP contribution is -2.02. The Labute approximate surface area is 129 Å². The Morgan fingerprint density at radius 2 is 1.68 bits per heavy atom. The quantitative estimate of drug-likeness (QED) is 0.530. The Balaban J connectivity index is 2.23. The molecule has 0 fully saturated rings. The second kappa shape index (κ2) is 6.80. The fraction of sp³-hybridized carbons (Fsp3) is 0.167. The van der Waals surface area contributed by atoms with Crippen LogP contribution in [0, 0.1) is 6.92 Å². The van der Waals surface area contributed by atoms with Crippen molar-refractivity contribution in [1.29, 1.82) is 0 Å². The zero-order chi connectivity index (χ0) is 16.1. The van der Waals surface area contributed by atoms with E-state index in [2.05, 4.69) is 0 Å². The number of carbonyl (C=O) groups excluding carboxylic acids is 1. The molecule has 1 N–H and O–H groups in total. The molecule has 0 aliphatic rings. The minimum absolute atomic E-state index is 0.282. The van der Waals surface area contributed by atoms with E-state index in [-0.39, 0.29) is 11.7 Å². The van der Waals surface area contributed by atoms with Gasteiger partial charge in [-0.1, -0.05) is 24.3 Å². The van der Waals surface area contributed by atoms with E-state index in [0.717, 1.165) is 16.7 Å². The van der Waals surface area contributed by atoms with Crippen molar-refractivity contribution in [3.05, 3.63) is 53.1 Å². The summed E-state index contributed by atoms with van der Waals surface area (Å²) in [4.78, 5) is 11.0. The van der Waals surface area contributed by atoms with E-state index in [1.807, 2.05) is 37.3 Å². The molecular weight excluding hydrogens is 280 g/mol. The standard InChI is InChI=1S/C18H18O4/c1-12-10-14(6-8-16(12)20)4-5-15-7-9-17(22-13(2)19)18(11-15)21-3/h4-11,20H,1-3H3/b5-4+. The predicted octanol–water partition coefficient (Wildman–Crippen LogP) is 3.80. The van der Waals surface area contributed by atoms with Crippen molar-refractivity contribution in [2.75, 3.05) is 7.11 Å². The van der Waals surface area contributed by atoms with Gasteiger partial charge in [-0.3, -0.25) is 4.79 Å². The molecule has 0 unspecified atom stereocenters. The molecule has 2 aromatic carbocycles. The maximum absolute atomic E-state index is 11.0. The lowest BCUT2D eigenvalue weighted by atomic mass is 10.1. The van der Waals surface area contributed by atoms with Crippen molar-refractivity contribution in [3.63, 3.8) is 0 Å². The van der Waals surface area contributed by atoms with Gasteiger partial charge in [0.1, 0.15) is 5.75 Å². The van der Waals surface area contributed by atoms with E-state index in [0.29, 0.717) is 11.5 Å². The molecule has 4 nitrogen and oxygen atoms in total. The highest BCUT2D eigenvalue weighted by Gasteiger charge is 2.07. The molecule has 0 spiro atoms. The number of methoxy groups -OCH3 is 1. The minimum Gasteiger partial charge on any atom is -0.508 e. The normalized spacial score (nSPS) is 10.7. The van der Waals surface area contributed by atoms with E-state index >= 15 is 0 Å². The third-order valence-corrected chi connectivity index (χ3v) is 3.13. The number of phenolic OH excluding ortho intramolecular Hbond substituents is 1. The molecule has 2 aromatic rings. The fourth-order valence-corrected chi connectivity index (χ4v) is 2.00. The van der Waals surface area contributed by atoms with Crippen molar-refractivity contribution in [1.82, 2.24) is 0 Å². The first kappa shape index (κ1) is 15.6. The van der Waals surface area contributed by atoms with Gasteiger partial charge in [0.25, 0.3) is 0 Å². The van der Waals surface area contributed by atoms with E-state index < -0.39 is 0 Å². The van der Waals surface area contributed by atoms with Crippen molar-refractivity contribution < 1.29 is 19.4 Å². The molecule has 0 aliphatic heterocycles. The van der Waals surface area contributed by atoms with E-state index in [9.17, 15) is 9.90 Å². The number of aromatic hydroxyl groups is 1. The fourth-order valence-electron chi connectivity index (χ4n) is 2.00. The van der Waals surface area contributed by atoms with Gasteiger partial charge in [0.15, 0.2) is 11.5 Å². The Hall–Kier alpha value is -2.75. The highest BCUT2D eigenvalue weighted by atomic mass is 16.6. The van der Waals surface area contributed by atoms with Crippen LogP contribution in [0.15, 0.2) is 36.4 Å². The second-order valence-electron chi connectivity index (χ2n) is 4.88. The number of hydrogen-bond acceptors (Lipinski definition) is 4. The van der Waals surface area contributed by atoms with Gasteiger partial charge in [0, 0.05) is 6.92 Å². The van der Waals surface area contributed by atoms with Gasteiger partial charge in [0.2, 0.25) is 0 Å². The Bertz CT molecular complexity index is 717. The van der Waals surface area contributed by atoms with E-state index in [1.165, 1.54) is 14.0 Å². The molecule has 0 bridgehead atoms. The van der Waals surface area contributed by atoms with Crippen LogP contribution >= 0.6 is 0 Å². The summed E-state index contributed by atoms with van der Waals surface area (Å²) in [5.41, 5.74) is 2.72. The van der Waals surface area contributed by atoms with Gasteiger partial charge in [0.05, 0.1) is 7.11 Å². The summed E-state index contributed by atoms with van der Waals surface area (Å²) in [6, 6.07) is 10.7. The van der Waals surface area contributed by atoms with Crippen LogP contribution in [0.25, 0.3) is 12.2 Å². The number of esters is 1. The smallest absolute Gasteiger partial charge is 0.308 e. The highest BCUT2D eigenvalue weighted by Crippen LogP contribution is 2.29. The molecule has 0 saturated heterocycles.